The first-order chi connectivity index (χ1) is 12.1. The monoisotopic (exact) mass is 394 g/mol. The molecule has 1 aromatic heterocycles. The van der Waals surface area contributed by atoms with E-state index in [0.29, 0.717) is 28.2 Å². The van der Waals surface area contributed by atoms with Crippen LogP contribution >= 0.6 is 35.3 Å². The highest BCUT2D eigenvalue weighted by Crippen LogP contribution is 2.33. The standard InChI is InChI=1S/C18H22N2O2S3/c1-2-13-6-3-4-9-19(13)16(21)8-10-20-17(22)15(25-18(20)23)12-14-7-5-11-24-14/h5,7,11-13H,2-4,6,8-10H2,1H3/b15-12+. The highest BCUT2D eigenvalue weighted by molar-refractivity contribution is 8.26. The summed E-state index contributed by atoms with van der Waals surface area (Å²) in [5, 5.41) is 1.98. The van der Waals surface area contributed by atoms with Crippen LogP contribution in [0.3, 0.4) is 0 Å². The zero-order valence-electron chi connectivity index (χ0n) is 14.3. The van der Waals surface area contributed by atoms with Crippen LogP contribution in [0.5, 0.6) is 0 Å². The molecule has 0 spiro atoms. The van der Waals surface area contributed by atoms with Crippen molar-refractivity contribution in [2.45, 2.75) is 45.1 Å². The first-order valence-corrected chi connectivity index (χ1v) is 10.8. The van der Waals surface area contributed by atoms with Crippen LogP contribution in [-0.4, -0.2) is 45.1 Å². The summed E-state index contributed by atoms with van der Waals surface area (Å²) < 4.78 is 0.547. The first kappa shape index (κ1) is 18.6. The molecule has 0 bridgehead atoms. The molecule has 134 valence electrons. The number of thiocarbonyl (C=S) groups is 1. The molecule has 0 radical (unpaired) electrons. The highest BCUT2D eigenvalue weighted by atomic mass is 32.2. The maximum atomic E-state index is 12.6. The average molecular weight is 395 g/mol. The van der Waals surface area contributed by atoms with Gasteiger partial charge in [0.2, 0.25) is 5.91 Å². The molecule has 1 unspecified atom stereocenters. The van der Waals surface area contributed by atoms with Crippen molar-refractivity contribution < 1.29 is 9.59 Å². The fourth-order valence-corrected chi connectivity index (χ4v) is 5.33. The molecule has 2 fully saturated rings. The van der Waals surface area contributed by atoms with Crippen LogP contribution < -0.4 is 0 Å². The number of likely N-dealkylation sites (tertiary alicyclic amines) is 1. The van der Waals surface area contributed by atoms with E-state index in [1.54, 1.807) is 16.2 Å². The van der Waals surface area contributed by atoms with Gasteiger partial charge in [-0.3, -0.25) is 14.5 Å². The number of hydrogen-bond acceptors (Lipinski definition) is 5. The molecule has 0 saturated carbocycles. The fraction of sp³-hybridized carbons (Fsp3) is 0.500. The van der Waals surface area contributed by atoms with Gasteiger partial charge >= 0.3 is 0 Å². The lowest BCUT2D eigenvalue weighted by Crippen LogP contribution is -2.44. The molecule has 3 rings (SSSR count). The lowest BCUT2D eigenvalue weighted by molar-refractivity contribution is -0.135. The topological polar surface area (TPSA) is 40.6 Å². The minimum atomic E-state index is -0.0816. The lowest BCUT2D eigenvalue weighted by Gasteiger charge is -2.35. The summed E-state index contributed by atoms with van der Waals surface area (Å²) in [5.41, 5.74) is 0. The van der Waals surface area contributed by atoms with Crippen molar-refractivity contribution in [3.63, 3.8) is 0 Å². The molecule has 0 aromatic carbocycles. The number of carbonyl (C=O) groups excluding carboxylic acids is 2. The number of rotatable bonds is 5. The van der Waals surface area contributed by atoms with Gasteiger partial charge in [0.05, 0.1) is 4.91 Å². The number of nitrogens with zero attached hydrogens (tertiary/aromatic N) is 2. The van der Waals surface area contributed by atoms with Crippen molar-refractivity contribution in [1.82, 2.24) is 9.80 Å². The second-order valence-corrected chi connectivity index (χ2v) is 8.90. The van der Waals surface area contributed by atoms with Crippen LogP contribution in [0.2, 0.25) is 0 Å². The number of piperidine rings is 1. The third kappa shape index (κ3) is 4.33. The Morgan fingerprint density at radius 1 is 1.44 bits per heavy atom. The van der Waals surface area contributed by atoms with Gasteiger partial charge in [-0.25, -0.2) is 0 Å². The van der Waals surface area contributed by atoms with E-state index in [0.717, 1.165) is 30.7 Å². The highest BCUT2D eigenvalue weighted by Gasteiger charge is 2.33. The molecular formula is C18H22N2O2S3. The summed E-state index contributed by atoms with van der Waals surface area (Å²) in [5.74, 6) is 0.0599. The quantitative estimate of drug-likeness (QED) is 0.556. The number of thiophene rings is 1. The Balaban J connectivity index is 1.60. The minimum absolute atomic E-state index is 0.0816. The molecule has 7 heteroatoms. The number of hydrogen-bond donors (Lipinski definition) is 0. The Morgan fingerprint density at radius 3 is 3.00 bits per heavy atom. The van der Waals surface area contributed by atoms with Gasteiger partial charge in [-0.05, 0) is 43.2 Å². The van der Waals surface area contributed by atoms with Crippen LogP contribution in [0.1, 0.15) is 43.9 Å². The number of amides is 2. The third-order valence-electron chi connectivity index (χ3n) is 4.66. The molecule has 2 amide bonds. The van der Waals surface area contributed by atoms with Crippen molar-refractivity contribution in [2.24, 2.45) is 0 Å². The Morgan fingerprint density at radius 2 is 2.28 bits per heavy atom. The van der Waals surface area contributed by atoms with Gasteiger partial charge in [0.15, 0.2) is 0 Å². The fourth-order valence-electron chi connectivity index (χ4n) is 3.30. The molecule has 0 N–H and O–H groups in total. The summed E-state index contributed by atoms with van der Waals surface area (Å²) >= 11 is 8.26. The maximum absolute atomic E-state index is 12.6. The van der Waals surface area contributed by atoms with Crippen molar-refractivity contribution in [3.05, 3.63) is 27.3 Å². The summed E-state index contributed by atoms with van der Waals surface area (Å²) in [7, 11) is 0. The molecule has 2 saturated heterocycles. The van der Waals surface area contributed by atoms with Crippen LogP contribution in [-0.2, 0) is 9.59 Å². The smallest absolute Gasteiger partial charge is 0.266 e. The molecule has 1 aromatic rings. The van der Waals surface area contributed by atoms with Gasteiger partial charge in [-0.1, -0.05) is 37.0 Å². The van der Waals surface area contributed by atoms with Gasteiger partial charge in [-0.2, -0.15) is 0 Å². The zero-order chi connectivity index (χ0) is 17.8. The average Bonchev–Trinajstić information content (AvgIpc) is 3.22. The minimum Gasteiger partial charge on any atom is -0.340 e. The van der Waals surface area contributed by atoms with E-state index in [4.69, 9.17) is 12.2 Å². The van der Waals surface area contributed by atoms with Gasteiger partial charge in [-0.15, -0.1) is 11.3 Å². The van der Waals surface area contributed by atoms with Crippen molar-refractivity contribution in [1.29, 1.82) is 0 Å². The predicted octanol–water partition coefficient (Wildman–Crippen LogP) is 4.13. The molecular weight excluding hydrogens is 372 g/mol. The molecule has 2 aliphatic heterocycles. The summed E-state index contributed by atoms with van der Waals surface area (Å²) in [6.45, 7) is 3.35. The first-order valence-electron chi connectivity index (χ1n) is 8.68. The predicted molar refractivity (Wildman–Crippen MR) is 108 cm³/mol. The van der Waals surface area contributed by atoms with Gasteiger partial charge in [0.25, 0.3) is 5.91 Å². The van der Waals surface area contributed by atoms with Crippen LogP contribution in [0.25, 0.3) is 6.08 Å². The lowest BCUT2D eigenvalue weighted by atomic mass is 9.99. The Hall–Kier alpha value is -1.18. The second-order valence-electron chi connectivity index (χ2n) is 6.24. The van der Waals surface area contributed by atoms with Crippen molar-refractivity contribution in [3.8, 4) is 0 Å². The summed E-state index contributed by atoms with van der Waals surface area (Å²) in [6, 6.07) is 4.28. The van der Waals surface area contributed by atoms with E-state index in [-0.39, 0.29) is 11.8 Å². The Labute approximate surface area is 162 Å². The van der Waals surface area contributed by atoms with E-state index in [2.05, 4.69) is 6.92 Å². The normalized spacial score (nSPS) is 22.9. The zero-order valence-corrected chi connectivity index (χ0v) is 16.7. The largest absolute Gasteiger partial charge is 0.340 e. The van der Waals surface area contributed by atoms with E-state index >= 15 is 0 Å². The van der Waals surface area contributed by atoms with Gasteiger partial charge in [0.1, 0.15) is 4.32 Å². The molecule has 4 nitrogen and oxygen atoms in total. The molecule has 1 atom stereocenters. The number of thioether (sulfide) groups is 1. The van der Waals surface area contributed by atoms with Crippen LogP contribution in [0.15, 0.2) is 22.4 Å². The van der Waals surface area contributed by atoms with E-state index in [1.807, 2.05) is 28.5 Å². The van der Waals surface area contributed by atoms with Gasteiger partial charge < -0.3 is 4.90 Å². The summed E-state index contributed by atoms with van der Waals surface area (Å²) in [4.78, 5) is 30.4. The van der Waals surface area contributed by atoms with Crippen LogP contribution in [0.4, 0.5) is 0 Å². The van der Waals surface area contributed by atoms with E-state index < -0.39 is 0 Å². The maximum Gasteiger partial charge on any atom is 0.266 e. The second kappa shape index (κ2) is 8.47. The molecule has 0 aliphatic carbocycles. The Bertz CT molecular complexity index is 685. The van der Waals surface area contributed by atoms with Crippen molar-refractivity contribution >= 4 is 57.5 Å². The van der Waals surface area contributed by atoms with Crippen molar-refractivity contribution in [2.75, 3.05) is 13.1 Å². The number of carbonyl (C=O) groups is 2. The van der Waals surface area contributed by atoms with E-state index in [1.165, 1.54) is 18.2 Å². The third-order valence-corrected chi connectivity index (χ3v) is 6.86. The van der Waals surface area contributed by atoms with Crippen LogP contribution in [0, 0.1) is 0 Å². The Kier molecular flexibility index (Phi) is 6.30. The van der Waals surface area contributed by atoms with E-state index in [9.17, 15) is 9.59 Å². The summed E-state index contributed by atoms with van der Waals surface area (Å²) in [6.07, 6.45) is 6.58. The SMILES string of the molecule is CCC1CCCCN1C(=O)CCN1C(=O)/C(=C\c2cccs2)SC1=S. The molecule has 25 heavy (non-hydrogen) atoms. The van der Waals surface area contributed by atoms with Gasteiger partial charge in [0, 0.05) is 30.4 Å². The molecule has 3 heterocycles. The molecule has 2 aliphatic rings.